The van der Waals surface area contributed by atoms with Crippen LogP contribution in [0.2, 0.25) is 0 Å². The average Bonchev–Trinajstić information content (AvgIpc) is 2.83. The van der Waals surface area contributed by atoms with Gasteiger partial charge in [-0.2, -0.15) is 0 Å². The first kappa shape index (κ1) is 16.0. The molecule has 0 saturated heterocycles. The van der Waals surface area contributed by atoms with Gasteiger partial charge in [0.15, 0.2) is 0 Å². The molecule has 2 aromatic carbocycles. The molecule has 1 heterocycles. The van der Waals surface area contributed by atoms with Crippen molar-refractivity contribution in [2.45, 2.75) is 19.9 Å². The Kier molecular flexibility index (Phi) is 4.37. The van der Waals surface area contributed by atoms with Crippen molar-refractivity contribution in [2.75, 3.05) is 5.32 Å². The van der Waals surface area contributed by atoms with Crippen molar-refractivity contribution in [3.63, 3.8) is 0 Å². The number of aromatic nitrogens is 1. The van der Waals surface area contributed by atoms with E-state index in [0.717, 1.165) is 14.7 Å². The maximum absolute atomic E-state index is 12.3. The lowest BCUT2D eigenvalue weighted by molar-refractivity contribution is 0.102. The monoisotopic (exact) mass is 390 g/mol. The van der Waals surface area contributed by atoms with Crippen molar-refractivity contribution in [3.05, 3.63) is 62.2 Å². The Hall–Kier alpha value is -1.92. The zero-order chi connectivity index (χ0) is 16.6. The van der Waals surface area contributed by atoms with Gasteiger partial charge in [-0.15, -0.1) is 0 Å². The van der Waals surface area contributed by atoms with E-state index in [9.17, 15) is 9.59 Å². The quantitative estimate of drug-likeness (QED) is 0.706. The summed E-state index contributed by atoms with van der Waals surface area (Å²) in [5.41, 5.74) is 2.17. The number of nitrogens with zero attached hydrogens (tertiary/aromatic N) is 1. The van der Waals surface area contributed by atoms with E-state index in [4.69, 9.17) is 0 Å². The number of carbonyl (C=O) groups is 1. The molecule has 23 heavy (non-hydrogen) atoms. The Balaban J connectivity index is 1.91. The predicted octanol–water partition coefficient (Wildman–Crippen LogP) is 4.66. The third-order valence-corrected chi connectivity index (χ3v) is 4.94. The number of nitrogens with one attached hydrogen (secondary N) is 1. The summed E-state index contributed by atoms with van der Waals surface area (Å²) in [7, 11) is 0. The molecule has 1 N–H and O–H groups in total. The van der Waals surface area contributed by atoms with Gasteiger partial charge in [0.05, 0.1) is 10.2 Å². The third kappa shape index (κ3) is 3.23. The fraction of sp³-hybridized carbons (Fsp3) is 0.176. The highest BCUT2D eigenvalue weighted by Gasteiger charge is 2.12. The summed E-state index contributed by atoms with van der Waals surface area (Å²) in [5.74, 6) is -0.174. The normalized spacial score (nSPS) is 11.1. The van der Waals surface area contributed by atoms with Crippen LogP contribution < -0.4 is 10.2 Å². The molecule has 0 unspecified atom stereocenters. The van der Waals surface area contributed by atoms with Crippen molar-refractivity contribution in [1.82, 2.24) is 4.57 Å². The lowest BCUT2D eigenvalue weighted by atomic mass is 10.2. The summed E-state index contributed by atoms with van der Waals surface area (Å²) in [6.07, 6.45) is 0. The highest BCUT2D eigenvalue weighted by Crippen LogP contribution is 2.24. The van der Waals surface area contributed by atoms with Crippen LogP contribution in [0.1, 0.15) is 30.2 Å². The van der Waals surface area contributed by atoms with Gasteiger partial charge < -0.3 is 5.32 Å². The topological polar surface area (TPSA) is 51.1 Å². The number of hydrogen-bond acceptors (Lipinski definition) is 3. The second kappa shape index (κ2) is 6.29. The average molecular weight is 391 g/mol. The van der Waals surface area contributed by atoms with E-state index in [0.29, 0.717) is 11.3 Å². The van der Waals surface area contributed by atoms with E-state index in [1.807, 2.05) is 44.2 Å². The third-order valence-electron chi connectivity index (χ3n) is 3.49. The molecule has 1 amide bonds. The number of rotatable bonds is 3. The molecular weight excluding hydrogens is 376 g/mol. The molecule has 3 aromatic rings. The standard InChI is InChI=1S/C17H15BrN2O2S/c1-10(2)20-14-8-7-13(9-15(14)23-17(20)22)19-16(21)11-3-5-12(18)6-4-11/h3-10H,1-2H3,(H,19,21). The van der Waals surface area contributed by atoms with E-state index in [1.54, 1.807) is 16.7 Å². The first-order valence-corrected chi connectivity index (χ1v) is 8.78. The molecular formula is C17H15BrN2O2S. The highest BCUT2D eigenvalue weighted by atomic mass is 79.9. The Labute approximate surface area is 145 Å². The smallest absolute Gasteiger partial charge is 0.308 e. The Morgan fingerprint density at radius 1 is 1.17 bits per heavy atom. The first-order chi connectivity index (χ1) is 11.0. The molecule has 118 valence electrons. The van der Waals surface area contributed by atoms with Crippen LogP contribution in [0.4, 0.5) is 5.69 Å². The van der Waals surface area contributed by atoms with Gasteiger partial charge in [0.2, 0.25) is 0 Å². The minimum Gasteiger partial charge on any atom is -0.322 e. The minimum absolute atomic E-state index is 0.0198. The predicted molar refractivity (Wildman–Crippen MR) is 98.6 cm³/mol. The summed E-state index contributed by atoms with van der Waals surface area (Å²) in [5, 5.41) is 2.87. The summed E-state index contributed by atoms with van der Waals surface area (Å²) in [4.78, 5) is 24.3. The van der Waals surface area contributed by atoms with E-state index in [2.05, 4.69) is 21.2 Å². The molecule has 0 fully saturated rings. The van der Waals surface area contributed by atoms with Gasteiger partial charge in [0.25, 0.3) is 5.91 Å². The lowest BCUT2D eigenvalue weighted by Crippen LogP contribution is -2.14. The molecule has 0 atom stereocenters. The molecule has 0 saturated carbocycles. The lowest BCUT2D eigenvalue weighted by Gasteiger charge is -2.08. The van der Waals surface area contributed by atoms with Crippen LogP contribution in [-0.4, -0.2) is 10.5 Å². The molecule has 1 aromatic heterocycles. The molecule has 0 bridgehead atoms. The Bertz CT molecular complexity index is 926. The Morgan fingerprint density at radius 3 is 2.52 bits per heavy atom. The zero-order valence-electron chi connectivity index (χ0n) is 12.7. The molecule has 6 heteroatoms. The van der Waals surface area contributed by atoms with Crippen LogP contribution in [0.25, 0.3) is 10.2 Å². The fourth-order valence-corrected chi connectivity index (χ4v) is 3.72. The van der Waals surface area contributed by atoms with E-state index < -0.39 is 0 Å². The molecule has 0 spiro atoms. The molecule has 0 aliphatic carbocycles. The van der Waals surface area contributed by atoms with E-state index in [1.165, 1.54) is 11.3 Å². The van der Waals surface area contributed by atoms with Crippen molar-refractivity contribution in [3.8, 4) is 0 Å². The number of anilines is 1. The van der Waals surface area contributed by atoms with Gasteiger partial charge in [0.1, 0.15) is 0 Å². The van der Waals surface area contributed by atoms with Gasteiger partial charge >= 0.3 is 4.87 Å². The molecule has 4 nitrogen and oxygen atoms in total. The number of fused-ring (bicyclic) bond motifs is 1. The number of benzene rings is 2. The maximum atomic E-state index is 12.3. The van der Waals surface area contributed by atoms with Crippen molar-refractivity contribution < 1.29 is 4.79 Å². The Morgan fingerprint density at radius 2 is 1.87 bits per heavy atom. The second-order valence-corrected chi connectivity index (χ2v) is 7.38. The van der Waals surface area contributed by atoms with Crippen LogP contribution in [0.15, 0.2) is 51.7 Å². The van der Waals surface area contributed by atoms with Gasteiger partial charge in [0, 0.05) is 21.8 Å². The number of carbonyl (C=O) groups excluding carboxylic acids is 1. The molecule has 0 aliphatic heterocycles. The first-order valence-electron chi connectivity index (χ1n) is 7.17. The van der Waals surface area contributed by atoms with Gasteiger partial charge in [-0.25, -0.2) is 0 Å². The maximum Gasteiger partial charge on any atom is 0.308 e. The van der Waals surface area contributed by atoms with Crippen LogP contribution in [-0.2, 0) is 0 Å². The number of amides is 1. The minimum atomic E-state index is -0.174. The van der Waals surface area contributed by atoms with Crippen LogP contribution in [0.3, 0.4) is 0 Å². The van der Waals surface area contributed by atoms with Crippen LogP contribution >= 0.6 is 27.3 Å². The summed E-state index contributed by atoms with van der Waals surface area (Å²) in [6.45, 7) is 3.97. The molecule has 0 aliphatic rings. The second-order valence-electron chi connectivity index (χ2n) is 5.48. The fourth-order valence-electron chi connectivity index (χ4n) is 2.41. The largest absolute Gasteiger partial charge is 0.322 e. The summed E-state index contributed by atoms with van der Waals surface area (Å²) >= 11 is 4.54. The van der Waals surface area contributed by atoms with Gasteiger partial charge in [-0.3, -0.25) is 14.2 Å². The van der Waals surface area contributed by atoms with Crippen LogP contribution in [0.5, 0.6) is 0 Å². The zero-order valence-corrected chi connectivity index (χ0v) is 15.1. The van der Waals surface area contributed by atoms with Gasteiger partial charge in [-0.05, 0) is 56.3 Å². The molecule has 3 rings (SSSR count). The van der Waals surface area contributed by atoms with Crippen molar-refractivity contribution in [1.29, 1.82) is 0 Å². The number of thiazole rings is 1. The summed E-state index contributed by atoms with van der Waals surface area (Å²) in [6, 6.07) is 12.8. The van der Waals surface area contributed by atoms with Gasteiger partial charge in [-0.1, -0.05) is 27.3 Å². The molecule has 0 radical (unpaired) electrons. The number of hydrogen-bond donors (Lipinski definition) is 1. The van der Waals surface area contributed by atoms with Crippen molar-refractivity contribution in [2.24, 2.45) is 0 Å². The number of halogens is 1. The van der Waals surface area contributed by atoms with Crippen LogP contribution in [0, 0.1) is 0 Å². The van der Waals surface area contributed by atoms with E-state index >= 15 is 0 Å². The summed E-state index contributed by atoms with van der Waals surface area (Å²) < 4.78 is 3.56. The SMILES string of the molecule is CC(C)n1c(=O)sc2cc(NC(=O)c3ccc(Br)cc3)ccc21. The van der Waals surface area contributed by atoms with Crippen molar-refractivity contribution >= 4 is 49.1 Å². The van der Waals surface area contributed by atoms with E-state index in [-0.39, 0.29) is 16.8 Å². The highest BCUT2D eigenvalue weighted by molar-refractivity contribution is 9.10.